The molecule has 5 heteroatoms. The number of hydrogen-bond acceptors (Lipinski definition) is 4. The smallest absolute Gasteiger partial charge is 0.273 e. The first-order chi connectivity index (χ1) is 9.70. The summed E-state index contributed by atoms with van der Waals surface area (Å²) in [5.41, 5.74) is 0.292. The molecule has 0 spiro atoms. The number of pyridine rings is 1. The second kappa shape index (κ2) is 7.05. The summed E-state index contributed by atoms with van der Waals surface area (Å²) >= 11 is 0. The quantitative estimate of drug-likeness (QED) is 0.803. The highest BCUT2D eigenvalue weighted by Gasteiger charge is 2.23. The predicted molar refractivity (Wildman–Crippen MR) is 75.7 cm³/mol. The summed E-state index contributed by atoms with van der Waals surface area (Å²) in [6, 6.07) is 3.54. The summed E-state index contributed by atoms with van der Waals surface area (Å²) in [5, 5.41) is 12.4. The average Bonchev–Trinajstić information content (AvgIpc) is 2.47. The fraction of sp³-hybridized carbons (Fsp3) is 0.467. The number of ether oxygens (including phenoxy) is 1. The fourth-order valence-corrected chi connectivity index (χ4v) is 2.30. The molecule has 1 heterocycles. The van der Waals surface area contributed by atoms with Gasteiger partial charge in [-0.25, -0.2) is 4.98 Å². The maximum atomic E-state index is 12.2. The number of amides is 1. The number of carbonyl (C=O) groups is 1. The Hall–Kier alpha value is -1.88. The lowest BCUT2D eigenvalue weighted by atomic mass is 9.93. The topological polar surface area (TPSA) is 71.5 Å². The van der Waals surface area contributed by atoms with Gasteiger partial charge in [0.05, 0.1) is 6.10 Å². The normalized spacial score (nSPS) is 22.1. The van der Waals surface area contributed by atoms with Crippen LogP contribution in [0.1, 0.15) is 36.2 Å². The largest absolute Gasteiger partial charge is 0.487 e. The van der Waals surface area contributed by atoms with E-state index < -0.39 is 0 Å². The van der Waals surface area contributed by atoms with Gasteiger partial charge in [-0.05, 0) is 37.8 Å². The van der Waals surface area contributed by atoms with E-state index in [1.54, 1.807) is 24.4 Å². The maximum Gasteiger partial charge on any atom is 0.273 e. The Labute approximate surface area is 118 Å². The Morgan fingerprint density at radius 2 is 2.25 bits per heavy atom. The number of nitrogens with zero attached hydrogens (tertiary/aromatic N) is 1. The van der Waals surface area contributed by atoms with Crippen LogP contribution in [0.3, 0.4) is 0 Å². The lowest BCUT2D eigenvalue weighted by molar-refractivity contribution is 0.0859. The summed E-state index contributed by atoms with van der Waals surface area (Å²) < 4.78 is 5.43. The standard InChI is InChI=1S/C15H20N2O3/c1-2-10-20-13-4-3-9-16-14(13)15(19)17-11-5-7-12(18)8-6-11/h2-4,9,11-12,18H,1,5-8,10H2,(H,17,19). The third-order valence-corrected chi connectivity index (χ3v) is 3.37. The summed E-state index contributed by atoms with van der Waals surface area (Å²) in [6.07, 6.45) is 6.01. The van der Waals surface area contributed by atoms with E-state index in [1.165, 1.54) is 0 Å². The maximum absolute atomic E-state index is 12.2. The summed E-state index contributed by atoms with van der Waals surface area (Å²) in [6.45, 7) is 3.92. The highest BCUT2D eigenvalue weighted by Crippen LogP contribution is 2.20. The highest BCUT2D eigenvalue weighted by molar-refractivity contribution is 5.95. The molecule has 0 aromatic carbocycles. The van der Waals surface area contributed by atoms with Crippen LogP contribution in [0.2, 0.25) is 0 Å². The zero-order valence-electron chi connectivity index (χ0n) is 11.4. The van der Waals surface area contributed by atoms with Crippen molar-refractivity contribution in [1.82, 2.24) is 10.3 Å². The van der Waals surface area contributed by atoms with Crippen LogP contribution in [0, 0.1) is 0 Å². The Balaban J connectivity index is 1.99. The van der Waals surface area contributed by atoms with Crippen LogP contribution in [-0.4, -0.2) is 34.8 Å². The van der Waals surface area contributed by atoms with E-state index in [2.05, 4.69) is 16.9 Å². The van der Waals surface area contributed by atoms with Gasteiger partial charge >= 0.3 is 0 Å². The molecular weight excluding hydrogens is 256 g/mol. The van der Waals surface area contributed by atoms with E-state index in [9.17, 15) is 9.90 Å². The van der Waals surface area contributed by atoms with Crippen molar-refractivity contribution in [1.29, 1.82) is 0 Å². The molecule has 1 aromatic rings. The molecule has 1 fully saturated rings. The van der Waals surface area contributed by atoms with Gasteiger partial charge in [0, 0.05) is 12.2 Å². The molecule has 2 N–H and O–H groups in total. The summed E-state index contributed by atoms with van der Waals surface area (Å²) in [7, 11) is 0. The van der Waals surface area contributed by atoms with Crippen LogP contribution in [0.25, 0.3) is 0 Å². The van der Waals surface area contributed by atoms with Gasteiger partial charge in [-0.15, -0.1) is 0 Å². The molecule has 0 atom stereocenters. The van der Waals surface area contributed by atoms with Crippen LogP contribution in [0.4, 0.5) is 0 Å². The van der Waals surface area contributed by atoms with E-state index in [0.717, 1.165) is 25.7 Å². The van der Waals surface area contributed by atoms with Gasteiger partial charge in [0.2, 0.25) is 0 Å². The summed E-state index contributed by atoms with van der Waals surface area (Å²) in [4.78, 5) is 16.3. The van der Waals surface area contributed by atoms with Crippen molar-refractivity contribution in [2.24, 2.45) is 0 Å². The van der Waals surface area contributed by atoms with Gasteiger partial charge in [-0.2, -0.15) is 0 Å². The SMILES string of the molecule is C=CCOc1cccnc1C(=O)NC1CCC(O)CC1. The second-order valence-corrected chi connectivity index (χ2v) is 4.93. The first-order valence-corrected chi connectivity index (χ1v) is 6.88. The molecule has 108 valence electrons. The molecule has 1 aliphatic rings. The molecule has 0 radical (unpaired) electrons. The molecule has 1 aromatic heterocycles. The lowest BCUT2D eigenvalue weighted by Gasteiger charge is -2.26. The van der Waals surface area contributed by atoms with Crippen molar-refractivity contribution in [3.8, 4) is 5.75 Å². The number of hydrogen-bond donors (Lipinski definition) is 2. The summed E-state index contributed by atoms with van der Waals surface area (Å²) in [5.74, 6) is 0.229. The van der Waals surface area contributed by atoms with Gasteiger partial charge in [0.15, 0.2) is 11.4 Å². The molecule has 1 aliphatic carbocycles. The Bertz CT molecular complexity index is 468. The van der Waals surface area contributed by atoms with Crippen LogP contribution in [-0.2, 0) is 0 Å². The molecule has 0 saturated heterocycles. The molecule has 5 nitrogen and oxygen atoms in total. The van der Waals surface area contributed by atoms with Crippen molar-refractivity contribution >= 4 is 5.91 Å². The van der Waals surface area contributed by atoms with E-state index in [-0.39, 0.29) is 18.1 Å². The number of aliphatic hydroxyl groups is 1. The molecule has 1 saturated carbocycles. The van der Waals surface area contributed by atoms with Gasteiger partial charge in [0.1, 0.15) is 6.61 Å². The number of aliphatic hydroxyl groups excluding tert-OH is 1. The van der Waals surface area contributed by atoms with Crippen molar-refractivity contribution < 1.29 is 14.6 Å². The lowest BCUT2D eigenvalue weighted by Crippen LogP contribution is -2.39. The molecule has 0 unspecified atom stereocenters. The zero-order chi connectivity index (χ0) is 14.4. The highest BCUT2D eigenvalue weighted by atomic mass is 16.5. The van der Waals surface area contributed by atoms with E-state index in [0.29, 0.717) is 18.1 Å². The minimum Gasteiger partial charge on any atom is -0.487 e. The van der Waals surface area contributed by atoms with Crippen LogP contribution in [0.15, 0.2) is 31.0 Å². The molecule has 0 bridgehead atoms. The van der Waals surface area contributed by atoms with E-state index in [1.807, 2.05) is 0 Å². The zero-order valence-corrected chi connectivity index (χ0v) is 11.4. The van der Waals surface area contributed by atoms with Gasteiger partial charge in [0.25, 0.3) is 5.91 Å². The first-order valence-electron chi connectivity index (χ1n) is 6.88. The number of rotatable bonds is 5. The first kappa shape index (κ1) is 14.5. The molecular formula is C15H20N2O3. The van der Waals surface area contributed by atoms with Crippen molar-refractivity contribution in [3.05, 3.63) is 36.7 Å². The minimum absolute atomic E-state index is 0.0974. The second-order valence-electron chi connectivity index (χ2n) is 4.93. The average molecular weight is 276 g/mol. The van der Waals surface area contributed by atoms with Crippen molar-refractivity contribution in [2.75, 3.05) is 6.61 Å². The predicted octanol–water partition coefficient (Wildman–Crippen LogP) is 1.68. The molecule has 0 aliphatic heterocycles. The monoisotopic (exact) mass is 276 g/mol. The van der Waals surface area contributed by atoms with E-state index in [4.69, 9.17) is 4.74 Å². The van der Waals surface area contributed by atoms with Gasteiger partial charge in [-0.1, -0.05) is 12.7 Å². The van der Waals surface area contributed by atoms with E-state index >= 15 is 0 Å². The molecule has 1 amide bonds. The third-order valence-electron chi connectivity index (χ3n) is 3.37. The van der Waals surface area contributed by atoms with Crippen LogP contribution >= 0.6 is 0 Å². The molecule has 2 rings (SSSR count). The van der Waals surface area contributed by atoms with Crippen molar-refractivity contribution in [3.63, 3.8) is 0 Å². The molecule has 20 heavy (non-hydrogen) atoms. The Morgan fingerprint density at radius 3 is 2.95 bits per heavy atom. The van der Waals surface area contributed by atoms with Crippen LogP contribution in [0.5, 0.6) is 5.75 Å². The Kier molecular flexibility index (Phi) is 5.12. The van der Waals surface area contributed by atoms with Gasteiger partial charge in [-0.3, -0.25) is 4.79 Å². The third kappa shape index (κ3) is 3.81. The number of aromatic nitrogens is 1. The minimum atomic E-state index is -0.232. The number of carbonyl (C=O) groups excluding carboxylic acids is 1. The number of nitrogens with one attached hydrogen (secondary N) is 1. The van der Waals surface area contributed by atoms with Crippen LogP contribution < -0.4 is 10.1 Å². The van der Waals surface area contributed by atoms with Crippen molar-refractivity contribution in [2.45, 2.75) is 37.8 Å². The van der Waals surface area contributed by atoms with Gasteiger partial charge < -0.3 is 15.2 Å². The Morgan fingerprint density at radius 1 is 1.50 bits per heavy atom. The fourth-order valence-electron chi connectivity index (χ4n) is 2.30.